The van der Waals surface area contributed by atoms with Crippen LogP contribution in [0, 0.1) is 5.92 Å². The number of aliphatic hydroxyl groups excluding tert-OH is 1. The van der Waals surface area contributed by atoms with Gasteiger partial charge in [-0.05, 0) is 68.4 Å². The normalized spacial score (nSPS) is 16.3. The van der Waals surface area contributed by atoms with Crippen molar-refractivity contribution in [2.45, 2.75) is 44.3 Å². The molecule has 1 aliphatic heterocycles. The lowest BCUT2D eigenvalue weighted by atomic mass is 9.72. The molecule has 1 aliphatic rings. The molecule has 0 radical (unpaired) electrons. The Kier molecular flexibility index (Phi) is 7.94. The molecule has 1 atom stereocenters. The van der Waals surface area contributed by atoms with E-state index in [1.807, 2.05) is 84.9 Å². The predicted molar refractivity (Wildman–Crippen MR) is 136 cm³/mol. The minimum absolute atomic E-state index is 0.141. The van der Waals surface area contributed by atoms with Gasteiger partial charge in [0.05, 0.1) is 6.10 Å². The summed E-state index contributed by atoms with van der Waals surface area (Å²) in [5.74, 6) is 0.289. The van der Waals surface area contributed by atoms with Gasteiger partial charge in [0, 0.05) is 12.0 Å². The zero-order valence-corrected chi connectivity index (χ0v) is 19.9. The van der Waals surface area contributed by atoms with E-state index in [1.165, 1.54) is 0 Å². The molecule has 4 rings (SSSR count). The second kappa shape index (κ2) is 11.1. The van der Waals surface area contributed by atoms with Gasteiger partial charge in [0.1, 0.15) is 5.60 Å². The molecular weight excluding hydrogens is 422 g/mol. The molecule has 0 amide bonds. The van der Waals surface area contributed by atoms with Gasteiger partial charge in [-0.15, -0.1) is 0 Å². The number of rotatable bonds is 9. The fourth-order valence-electron chi connectivity index (χ4n) is 5.15. The van der Waals surface area contributed by atoms with Gasteiger partial charge in [-0.3, -0.25) is 4.79 Å². The van der Waals surface area contributed by atoms with Gasteiger partial charge in [0.25, 0.3) is 0 Å². The van der Waals surface area contributed by atoms with Crippen LogP contribution in [0.5, 0.6) is 0 Å². The maximum Gasteiger partial charge on any atom is 0.162 e. The summed E-state index contributed by atoms with van der Waals surface area (Å²) in [7, 11) is 0. The molecule has 4 nitrogen and oxygen atoms in total. The number of nitrogens with zero attached hydrogens (tertiary/aromatic N) is 1. The Morgan fingerprint density at radius 1 is 0.912 bits per heavy atom. The summed E-state index contributed by atoms with van der Waals surface area (Å²) in [5, 5.41) is 21.6. The average molecular weight is 458 g/mol. The summed E-state index contributed by atoms with van der Waals surface area (Å²) in [6.07, 6.45) is 2.65. The highest BCUT2D eigenvalue weighted by molar-refractivity contribution is 5.96. The fourth-order valence-corrected chi connectivity index (χ4v) is 5.15. The largest absolute Gasteiger partial charge is 0.389 e. The average Bonchev–Trinajstić information content (AvgIpc) is 2.89. The highest BCUT2D eigenvalue weighted by Crippen LogP contribution is 2.41. The Morgan fingerprint density at radius 3 is 1.94 bits per heavy atom. The van der Waals surface area contributed by atoms with Gasteiger partial charge in [0.2, 0.25) is 0 Å². The van der Waals surface area contributed by atoms with E-state index in [1.54, 1.807) is 6.92 Å². The maximum atomic E-state index is 12.6. The lowest BCUT2D eigenvalue weighted by Crippen LogP contribution is -2.44. The Hall–Kier alpha value is -2.79. The molecule has 34 heavy (non-hydrogen) atoms. The number of benzene rings is 3. The quantitative estimate of drug-likeness (QED) is 0.425. The molecule has 0 bridgehead atoms. The molecule has 0 aliphatic carbocycles. The number of carbonyl (C=O) groups excluding carboxylic acids is 1. The van der Waals surface area contributed by atoms with Crippen molar-refractivity contribution >= 4 is 5.78 Å². The van der Waals surface area contributed by atoms with E-state index in [4.69, 9.17) is 0 Å². The van der Waals surface area contributed by atoms with Crippen LogP contribution in [-0.4, -0.2) is 40.5 Å². The standard InChI is InChI=1S/C30H35NO3/c1-23(32)24-14-16-25(17-15-24)29(33)13-8-20-31-21-18-28(19-22-31)30(34,26-9-4-2-5-10-26)27-11-6-3-7-12-27/h2-7,9-12,14-17,23,28,32,34H,8,13,18-22H2,1H3. The molecule has 3 aromatic rings. The van der Waals surface area contributed by atoms with E-state index >= 15 is 0 Å². The van der Waals surface area contributed by atoms with Crippen LogP contribution < -0.4 is 0 Å². The summed E-state index contributed by atoms with van der Waals surface area (Å²) in [4.78, 5) is 15.0. The molecule has 178 valence electrons. The van der Waals surface area contributed by atoms with Crippen molar-refractivity contribution < 1.29 is 15.0 Å². The predicted octanol–water partition coefficient (Wildman–Crippen LogP) is 5.35. The monoisotopic (exact) mass is 457 g/mol. The van der Waals surface area contributed by atoms with Gasteiger partial charge >= 0.3 is 0 Å². The summed E-state index contributed by atoms with van der Waals surface area (Å²) in [6, 6.07) is 27.3. The van der Waals surface area contributed by atoms with Crippen molar-refractivity contribution in [3.05, 3.63) is 107 Å². The topological polar surface area (TPSA) is 60.8 Å². The first kappa shape index (κ1) is 24.3. The van der Waals surface area contributed by atoms with Crippen LogP contribution >= 0.6 is 0 Å². The number of hydrogen-bond acceptors (Lipinski definition) is 4. The van der Waals surface area contributed by atoms with Crippen LogP contribution in [-0.2, 0) is 5.60 Å². The van der Waals surface area contributed by atoms with Gasteiger partial charge < -0.3 is 15.1 Å². The molecule has 1 unspecified atom stereocenters. The highest BCUT2D eigenvalue weighted by atomic mass is 16.3. The van der Waals surface area contributed by atoms with Crippen LogP contribution in [0.1, 0.15) is 65.8 Å². The number of aliphatic hydroxyl groups is 2. The highest BCUT2D eigenvalue weighted by Gasteiger charge is 2.41. The molecule has 4 heteroatoms. The third kappa shape index (κ3) is 5.47. The van der Waals surface area contributed by atoms with Gasteiger partial charge in [-0.25, -0.2) is 0 Å². The molecular formula is C30H35NO3. The van der Waals surface area contributed by atoms with E-state index in [9.17, 15) is 15.0 Å². The molecule has 2 N–H and O–H groups in total. The first-order valence-corrected chi connectivity index (χ1v) is 12.4. The second-order valence-electron chi connectivity index (χ2n) is 9.44. The molecule has 1 fully saturated rings. The number of Topliss-reactive ketones (excluding diaryl/α,β-unsaturated/α-hetero) is 1. The van der Waals surface area contributed by atoms with Crippen LogP contribution in [0.2, 0.25) is 0 Å². The lowest BCUT2D eigenvalue weighted by Gasteiger charge is -2.42. The summed E-state index contributed by atoms with van der Waals surface area (Å²) >= 11 is 0. The van der Waals surface area contributed by atoms with E-state index < -0.39 is 11.7 Å². The first-order chi connectivity index (χ1) is 16.5. The Labute approximate surface area is 202 Å². The fraction of sp³-hybridized carbons (Fsp3) is 0.367. The minimum atomic E-state index is -0.997. The molecule has 0 saturated carbocycles. The summed E-state index contributed by atoms with van der Waals surface area (Å²) in [5.41, 5.74) is 2.44. The molecule has 3 aromatic carbocycles. The molecule has 0 spiro atoms. The van der Waals surface area contributed by atoms with Crippen molar-refractivity contribution in [1.29, 1.82) is 0 Å². The number of piperidine rings is 1. The summed E-state index contributed by atoms with van der Waals surface area (Å²) in [6.45, 7) is 4.45. The molecule has 1 heterocycles. The van der Waals surface area contributed by atoms with E-state index in [0.29, 0.717) is 12.0 Å². The Morgan fingerprint density at radius 2 is 1.44 bits per heavy atom. The van der Waals surface area contributed by atoms with Crippen molar-refractivity contribution in [3.63, 3.8) is 0 Å². The smallest absolute Gasteiger partial charge is 0.162 e. The molecule has 0 aromatic heterocycles. The number of likely N-dealkylation sites (tertiary alicyclic amines) is 1. The van der Waals surface area contributed by atoms with Gasteiger partial charge in [-0.1, -0.05) is 84.9 Å². The first-order valence-electron chi connectivity index (χ1n) is 12.4. The molecule has 1 saturated heterocycles. The van der Waals surface area contributed by atoms with E-state index in [2.05, 4.69) is 4.90 Å². The van der Waals surface area contributed by atoms with Gasteiger partial charge in [-0.2, -0.15) is 0 Å². The van der Waals surface area contributed by atoms with Crippen molar-refractivity contribution in [1.82, 2.24) is 4.90 Å². The number of hydrogen-bond donors (Lipinski definition) is 2. The van der Waals surface area contributed by atoms with Crippen LogP contribution in [0.15, 0.2) is 84.9 Å². The zero-order chi connectivity index (χ0) is 24.0. The third-order valence-corrected chi connectivity index (χ3v) is 7.20. The Bertz CT molecular complexity index is 1000. The van der Waals surface area contributed by atoms with Crippen LogP contribution in [0.25, 0.3) is 0 Å². The van der Waals surface area contributed by atoms with Crippen molar-refractivity contribution in [2.24, 2.45) is 5.92 Å². The van der Waals surface area contributed by atoms with Crippen molar-refractivity contribution in [2.75, 3.05) is 19.6 Å². The SMILES string of the molecule is CC(O)c1ccc(C(=O)CCCN2CCC(C(O)(c3ccccc3)c3ccccc3)CC2)cc1. The van der Waals surface area contributed by atoms with Crippen LogP contribution in [0.3, 0.4) is 0 Å². The maximum absolute atomic E-state index is 12.6. The number of carbonyl (C=O) groups is 1. The number of ketones is 1. The third-order valence-electron chi connectivity index (χ3n) is 7.20. The summed E-state index contributed by atoms with van der Waals surface area (Å²) < 4.78 is 0. The van der Waals surface area contributed by atoms with Crippen molar-refractivity contribution in [3.8, 4) is 0 Å². The Balaban J connectivity index is 1.33. The zero-order valence-electron chi connectivity index (χ0n) is 19.9. The lowest BCUT2D eigenvalue weighted by molar-refractivity contribution is -0.0142. The minimum Gasteiger partial charge on any atom is -0.389 e. The van der Waals surface area contributed by atoms with E-state index in [0.717, 1.165) is 55.6 Å². The van der Waals surface area contributed by atoms with Gasteiger partial charge in [0.15, 0.2) is 5.78 Å². The van der Waals surface area contributed by atoms with Crippen LogP contribution in [0.4, 0.5) is 0 Å². The second-order valence-corrected chi connectivity index (χ2v) is 9.44. The van der Waals surface area contributed by atoms with E-state index in [-0.39, 0.29) is 11.7 Å².